The SMILES string of the molecule is CNCCC1CCCCN1CC1CN(C(C)C)CCO1. The van der Waals surface area contributed by atoms with E-state index in [2.05, 4.69) is 36.0 Å². The molecule has 0 amide bonds. The number of nitrogens with one attached hydrogen (secondary N) is 1. The van der Waals surface area contributed by atoms with E-state index in [9.17, 15) is 0 Å². The van der Waals surface area contributed by atoms with Crippen LogP contribution in [0.2, 0.25) is 0 Å². The molecule has 2 aliphatic rings. The van der Waals surface area contributed by atoms with E-state index in [-0.39, 0.29) is 0 Å². The van der Waals surface area contributed by atoms with Gasteiger partial charge < -0.3 is 10.1 Å². The lowest BCUT2D eigenvalue weighted by atomic mass is 9.98. The summed E-state index contributed by atoms with van der Waals surface area (Å²) in [4.78, 5) is 5.25. The Balaban J connectivity index is 1.83. The predicted molar refractivity (Wildman–Crippen MR) is 84.2 cm³/mol. The molecule has 0 aromatic rings. The van der Waals surface area contributed by atoms with Crippen molar-refractivity contribution in [1.29, 1.82) is 0 Å². The maximum absolute atomic E-state index is 6.01. The van der Waals surface area contributed by atoms with Crippen molar-refractivity contribution < 1.29 is 4.74 Å². The second kappa shape index (κ2) is 8.32. The van der Waals surface area contributed by atoms with Crippen LogP contribution >= 0.6 is 0 Å². The number of likely N-dealkylation sites (tertiary alicyclic amines) is 1. The summed E-state index contributed by atoms with van der Waals surface area (Å²) in [6.07, 6.45) is 5.80. The Hall–Kier alpha value is -0.160. The van der Waals surface area contributed by atoms with Gasteiger partial charge in [0.15, 0.2) is 0 Å². The van der Waals surface area contributed by atoms with Crippen LogP contribution in [0.25, 0.3) is 0 Å². The van der Waals surface area contributed by atoms with Crippen LogP contribution in [0.5, 0.6) is 0 Å². The van der Waals surface area contributed by atoms with Crippen LogP contribution in [-0.4, -0.2) is 74.4 Å². The molecule has 20 heavy (non-hydrogen) atoms. The van der Waals surface area contributed by atoms with Crippen molar-refractivity contribution in [3.63, 3.8) is 0 Å². The fraction of sp³-hybridized carbons (Fsp3) is 1.00. The van der Waals surface area contributed by atoms with Gasteiger partial charge in [0.25, 0.3) is 0 Å². The summed E-state index contributed by atoms with van der Waals surface area (Å²) in [6, 6.07) is 1.40. The first-order chi connectivity index (χ1) is 9.70. The van der Waals surface area contributed by atoms with Crippen LogP contribution in [0, 0.1) is 0 Å². The minimum atomic E-state index is 0.404. The summed E-state index contributed by atoms with van der Waals surface area (Å²) in [5, 5.41) is 3.30. The van der Waals surface area contributed by atoms with Crippen LogP contribution in [-0.2, 0) is 4.74 Å². The molecule has 2 atom stereocenters. The first kappa shape index (κ1) is 16.2. The number of rotatable bonds is 6. The van der Waals surface area contributed by atoms with E-state index in [1.807, 2.05) is 0 Å². The third kappa shape index (κ3) is 4.69. The fourth-order valence-corrected chi connectivity index (χ4v) is 3.52. The van der Waals surface area contributed by atoms with Crippen molar-refractivity contribution in [2.45, 2.75) is 57.7 Å². The molecule has 2 unspecified atom stereocenters. The summed E-state index contributed by atoms with van der Waals surface area (Å²) < 4.78 is 6.01. The van der Waals surface area contributed by atoms with Crippen LogP contribution < -0.4 is 5.32 Å². The highest BCUT2D eigenvalue weighted by molar-refractivity contribution is 4.83. The van der Waals surface area contributed by atoms with Gasteiger partial charge in [-0.3, -0.25) is 9.80 Å². The molecule has 2 fully saturated rings. The molecule has 4 heteroatoms. The molecule has 2 heterocycles. The lowest BCUT2D eigenvalue weighted by Crippen LogP contribution is -2.52. The van der Waals surface area contributed by atoms with E-state index in [1.165, 1.54) is 32.2 Å². The van der Waals surface area contributed by atoms with Crippen molar-refractivity contribution >= 4 is 0 Å². The highest BCUT2D eigenvalue weighted by atomic mass is 16.5. The summed E-state index contributed by atoms with van der Waals surface area (Å²) in [6.45, 7) is 11.2. The summed E-state index contributed by atoms with van der Waals surface area (Å²) in [5.41, 5.74) is 0. The monoisotopic (exact) mass is 283 g/mol. The van der Waals surface area contributed by atoms with E-state index in [0.29, 0.717) is 12.1 Å². The molecule has 0 aliphatic carbocycles. The normalized spacial score (nSPS) is 30.0. The van der Waals surface area contributed by atoms with E-state index >= 15 is 0 Å². The van der Waals surface area contributed by atoms with Crippen molar-refractivity contribution in [3.05, 3.63) is 0 Å². The molecule has 118 valence electrons. The lowest BCUT2D eigenvalue weighted by molar-refractivity contribution is -0.0603. The zero-order valence-electron chi connectivity index (χ0n) is 13.6. The van der Waals surface area contributed by atoms with Gasteiger partial charge >= 0.3 is 0 Å². The van der Waals surface area contributed by atoms with Gasteiger partial charge in [-0.25, -0.2) is 0 Å². The Kier molecular flexibility index (Phi) is 6.75. The average Bonchev–Trinajstić information content (AvgIpc) is 2.46. The molecule has 2 rings (SSSR count). The number of ether oxygens (including phenoxy) is 1. The first-order valence-electron chi connectivity index (χ1n) is 8.45. The number of hydrogen-bond donors (Lipinski definition) is 1. The number of piperidine rings is 1. The lowest BCUT2D eigenvalue weighted by Gasteiger charge is -2.41. The van der Waals surface area contributed by atoms with Gasteiger partial charge in [-0.1, -0.05) is 6.42 Å². The number of nitrogens with zero attached hydrogens (tertiary/aromatic N) is 2. The zero-order chi connectivity index (χ0) is 14.4. The molecule has 2 aliphatic heterocycles. The largest absolute Gasteiger partial charge is 0.374 e. The number of hydrogen-bond acceptors (Lipinski definition) is 4. The third-order valence-corrected chi connectivity index (χ3v) is 4.82. The Labute approximate surface area is 124 Å². The van der Waals surface area contributed by atoms with E-state index in [4.69, 9.17) is 4.74 Å². The number of morpholine rings is 1. The van der Waals surface area contributed by atoms with E-state index < -0.39 is 0 Å². The molecule has 2 saturated heterocycles. The molecule has 0 radical (unpaired) electrons. The molecule has 4 nitrogen and oxygen atoms in total. The average molecular weight is 283 g/mol. The fourth-order valence-electron chi connectivity index (χ4n) is 3.52. The topological polar surface area (TPSA) is 27.7 Å². The minimum Gasteiger partial charge on any atom is -0.374 e. The van der Waals surface area contributed by atoms with Crippen LogP contribution in [0.15, 0.2) is 0 Å². The molecule has 1 N–H and O–H groups in total. The summed E-state index contributed by atoms with van der Waals surface area (Å²) >= 11 is 0. The maximum Gasteiger partial charge on any atom is 0.0829 e. The first-order valence-corrected chi connectivity index (χ1v) is 8.45. The zero-order valence-corrected chi connectivity index (χ0v) is 13.6. The van der Waals surface area contributed by atoms with Gasteiger partial charge in [0.05, 0.1) is 12.7 Å². The van der Waals surface area contributed by atoms with E-state index in [0.717, 1.165) is 38.8 Å². The Morgan fingerprint density at radius 3 is 2.85 bits per heavy atom. The molecule has 0 spiro atoms. The van der Waals surface area contributed by atoms with Gasteiger partial charge in [0.1, 0.15) is 0 Å². The van der Waals surface area contributed by atoms with Crippen LogP contribution in [0.3, 0.4) is 0 Å². The van der Waals surface area contributed by atoms with Crippen molar-refractivity contribution in [3.8, 4) is 0 Å². The minimum absolute atomic E-state index is 0.404. The van der Waals surface area contributed by atoms with Crippen LogP contribution in [0.1, 0.15) is 39.5 Å². The predicted octanol–water partition coefficient (Wildman–Crippen LogP) is 1.56. The molecular weight excluding hydrogens is 250 g/mol. The van der Waals surface area contributed by atoms with Crippen LogP contribution in [0.4, 0.5) is 0 Å². The smallest absolute Gasteiger partial charge is 0.0829 e. The summed E-state index contributed by atoms with van der Waals surface area (Å²) in [7, 11) is 2.05. The Morgan fingerprint density at radius 1 is 1.25 bits per heavy atom. The van der Waals surface area contributed by atoms with Gasteiger partial charge in [0, 0.05) is 31.7 Å². The van der Waals surface area contributed by atoms with Crippen molar-refractivity contribution in [1.82, 2.24) is 15.1 Å². The van der Waals surface area contributed by atoms with Gasteiger partial charge in [-0.15, -0.1) is 0 Å². The third-order valence-electron chi connectivity index (χ3n) is 4.82. The van der Waals surface area contributed by atoms with Gasteiger partial charge in [-0.2, -0.15) is 0 Å². The van der Waals surface area contributed by atoms with Gasteiger partial charge in [-0.05, 0) is 53.2 Å². The molecular formula is C16H33N3O. The molecule has 0 aromatic carbocycles. The quantitative estimate of drug-likeness (QED) is 0.801. The van der Waals surface area contributed by atoms with Gasteiger partial charge in [0.2, 0.25) is 0 Å². The second-order valence-corrected chi connectivity index (χ2v) is 6.62. The van der Waals surface area contributed by atoms with Crippen molar-refractivity contribution in [2.75, 3.05) is 46.4 Å². The van der Waals surface area contributed by atoms with E-state index in [1.54, 1.807) is 0 Å². The molecule has 0 bridgehead atoms. The molecule has 0 saturated carbocycles. The second-order valence-electron chi connectivity index (χ2n) is 6.62. The summed E-state index contributed by atoms with van der Waals surface area (Å²) in [5.74, 6) is 0. The highest BCUT2D eigenvalue weighted by Crippen LogP contribution is 2.21. The van der Waals surface area contributed by atoms with Crippen molar-refractivity contribution in [2.24, 2.45) is 0 Å². The highest BCUT2D eigenvalue weighted by Gasteiger charge is 2.28. The Bertz CT molecular complexity index is 272. The standard InChI is InChI=1S/C16H33N3O/c1-14(2)18-10-11-20-16(12-18)13-19-9-5-4-6-15(19)7-8-17-3/h14-17H,4-13H2,1-3H3. The maximum atomic E-state index is 6.01. The Morgan fingerprint density at radius 2 is 2.10 bits per heavy atom. The molecule has 0 aromatic heterocycles.